The third kappa shape index (κ3) is 2.04. The van der Waals surface area contributed by atoms with Crippen molar-refractivity contribution in [2.75, 3.05) is 13.1 Å². The number of halogens is 2. The minimum absolute atomic E-state index is 0.235. The first-order valence-corrected chi connectivity index (χ1v) is 5.01. The molecule has 0 aromatic heterocycles. The molecule has 1 aliphatic heterocycles. The number of aromatic carboxylic acids is 1. The molecule has 1 heterocycles. The van der Waals surface area contributed by atoms with Crippen LogP contribution in [0.1, 0.15) is 22.3 Å². The zero-order chi connectivity index (χ0) is 11.7. The summed E-state index contributed by atoms with van der Waals surface area (Å²) in [6.07, 6.45) is 1.06. The molecule has 86 valence electrons. The summed E-state index contributed by atoms with van der Waals surface area (Å²) in [7, 11) is 0. The number of nitrogens with zero attached hydrogens (tertiary/aromatic N) is 1. The molecule has 16 heavy (non-hydrogen) atoms. The van der Waals surface area contributed by atoms with Crippen LogP contribution in [0.2, 0.25) is 0 Å². The third-order valence-electron chi connectivity index (χ3n) is 2.71. The molecule has 2 rings (SSSR count). The molecule has 3 nitrogen and oxygen atoms in total. The molecule has 1 aliphatic rings. The van der Waals surface area contributed by atoms with Crippen molar-refractivity contribution in [2.45, 2.75) is 13.0 Å². The van der Waals surface area contributed by atoms with Gasteiger partial charge in [-0.05, 0) is 25.6 Å². The number of hydrogen-bond donors (Lipinski definition) is 1. The van der Waals surface area contributed by atoms with E-state index in [-0.39, 0.29) is 5.56 Å². The fourth-order valence-electron chi connectivity index (χ4n) is 1.66. The van der Waals surface area contributed by atoms with E-state index in [0.29, 0.717) is 12.6 Å². The van der Waals surface area contributed by atoms with Crippen molar-refractivity contribution in [1.29, 1.82) is 0 Å². The number of benzene rings is 1. The Balaban J connectivity index is 2.28. The molecule has 1 aromatic carbocycles. The molecule has 0 aliphatic carbocycles. The highest BCUT2D eigenvalue weighted by molar-refractivity contribution is 5.88. The minimum Gasteiger partial charge on any atom is -0.478 e. The fraction of sp³-hybridized carbons (Fsp3) is 0.364. The van der Waals surface area contributed by atoms with Crippen molar-refractivity contribution in [1.82, 2.24) is 4.90 Å². The van der Waals surface area contributed by atoms with Crippen molar-refractivity contribution in [2.24, 2.45) is 0 Å². The third-order valence-corrected chi connectivity index (χ3v) is 2.71. The first-order valence-electron chi connectivity index (χ1n) is 5.01. The smallest absolute Gasteiger partial charge is 0.338 e. The Morgan fingerprint density at radius 1 is 1.31 bits per heavy atom. The van der Waals surface area contributed by atoms with Crippen LogP contribution in [0, 0.1) is 11.6 Å². The second-order valence-electron chi connectivity index (χ2n) is 3.86. The Kier molecular flexibility index (Phi) is 2.87. The SMILES string of the molecule is O=C(O)c1cc(CN2CCC2)c(F)cc1F. The van der Waals surface area contributed by atoms with Gasteiger partial charge in [0.15, 0.2) is 0 Å². The molecule has 0 bridgehead atoms. The molecule has 0 amide bonds. The van der Waals surface area contributed by atoms with Gasteiger partial charge >= 0.3 is 5.97 Å². The fourth-order valence-corrected chi connectivity index (χ4v) is 1.66. The van der Waals surface area contributed by atoms with Crippen LogP contribution >= 0.6 is 0 Å². The Morgan fingerprint density at radius 3 is 2.50 bits per heavy atom. The average molecular weight is 227 g/mol. The van der Waals surface area contributed by atoms with E-state index in [1.807, 2.05) is 4.90 Å². The molecule has 0 radical (unpaired) electrons. The summed E-state index contributed by atoms with van der Waals surface area (Å²) >= 11 is 0. The maximum Gasteiger partial charge on any atom is 0.338 e. The normalized spacial score (nSPS) is 15.9. The quantitative estimate of drug-likeness (QED) is 0.856. The lowest BCUT2D eigenvalue weighted by molar-refractivity contribution is 0.0691. The number of carboxylic acid groups (broad SMARTS) is 1. The summed E-state index contributed by atoms with van der Waals surface area (Å²) in [5.74, 6) is -3.09. The molecule has 5 heteroatoms. The van der Waals surface area contributed by atoms with Crippen molar-refractivity contribution in [3.05, 3.63) is 34.9 Å². The van der Waals surface area contributed by atoms with Gasteiger partial charge in [0.05, 0.1) is 5.56 Å². The molecule has 1 aromatic rings. The highest BCUT2D eigenvalue weighted by atomic mass is 19.1. The molecule has 1 saturated heterocycles. The van der Waals surface area contributed by atoms with Gasteiger partial charge in [-0.25, -0.2) is 13.6 Å². The van der Waals surface area contributed by atoms with Crippen LogP contribution in [0.25, 0.3) is 0 Å². The summed E-state index contributed by atoms with van der Waals surface area (Å²) in [5, 5.41) is 8.71. The number of hydrogen-bond acceptors (Lipinski definition) is 2. The van der Waals surface area contributed by atoms with Crippen LogP contribution in [0.3, 0.4) is 0 Å². The van der Waals surface area contributed by atoms with E-state index in [0.717, 1.165) is 25.6 Å². The second-order valence-corrected chi connectivity index (χ2v) is 3.86. The molecule has 1 N–H and O–H groups in total. The molecular weight excluding hydrogens is 216 g/mol. The molecule has 0 atom stereocenters. The maximum absolute atomic E-state index is 13.4. The van der Waals surface area contributed by atoms with Crippen LogP contribution in [0.5, 0.6) is 0 Å². The van der Waals surface area contributed by atoms with E-state index >= 15 is 0 Å². The van der Waals surface area contributed by atoms with Crippen molar-refractivity contribution in [3.8, 4) is 0 Å². The standard InChI is InChI=1S/C11H11F2NO2/c12-9-5-10(13)8(11(15)16)4-7(9)6-14-2-1-3-14/h4-5H,1-3,6H2,(H,15,16). The number of carbonyl (C=O) groups is 1. The summed E-state index contributed by atoms with van der Waals surface area (Å²) in [6, 6.07) is 1.71. The Hall–Kier alpha value is -1.49. The van der Waals surface area contributed by atoms with Gasteiger partial charge in [-0.3, -0.25) is 4.90 Å². The van der Waals surface area contributed by atoms with Crippen molar-refractivity contribution < 1.29 is 18.7 Å². The Bertz CT molecular complexity index is 430. The van der Waals surface area contributed by atoms with Gasteiger partial charge in [0.25, 0.3) is 0 Å². The molecule has 0 unspecified atom stereocenters. The summed E-state index contributed by atoms with van der Waals surface area (Å²) in [4.78, 5) is 12.7. The zero-order valence-electron chi connectivity index (χ0n) is 8.54. The first-order chi connectivity index (χ1) is 7.58. The van der Waals surface area contributed by atoms with Gasteiger partial charge < -0.3 is 5.11 Å². The van der Waals surface area contributed by atoms with Crippen LogP contribution in [-0.2, 0) is 6.54 Å². The monoisotopic (exact) mass is 227 g/mol. The highest BCUT2D eigenvalue weighted by Crippen LogP contribution is 2.19. The van der Waals surface area contributed by atoms with Gasteiger partial charge in [-0.1, -0.05) is 0 Å². The van der Waals surface area contributed by atoms with E-state index < -0.39 is 23.2 Å². The molecular formula is C11H11F2NO2. The van der Waals surface area contributed by atoms with E-state index in [2.05, 4.69) is 0 Å². The molecule has 0 spiro atoms. The largest absolute Gasteiger partial charge is 0.478 e. The average Bonchev–Trinajstić information content (AvgIpc) is 2.13. The lowest BCUT2D eigenvalue weighted by atomic mass is 10.1. The second kappa shape index (κ2) is 4.17. The lowest BCUT2D eigenvalue weighted by Crippen LogP contribution is -2.36. The van der Waals surface area contributed by atoms with Crippen LogP contribution < -0.4 is 0 Å². The van der Waals surface area contributed by atoms with Gasteiger partial charge in [-0.15, -0.1) is 0 Å². The maximum atomic E-state index is 13.4. The van der Waals surface area contributed by atoms with E-state index in [4.69, 9.17) is 5.11 Å². The van der Waals surface area contributed by atoms with Crippen LogP contribution in [0.4, 0.5) is 8.78 Å². The van der Waals surface area contributed by atoms with E-state index in [1.165, 1.54) is 0 Å². The number of carboxylic acids is 1. The van der Waals surface area contributed by atoms with Crippen LogP contribution in [-0.4, -0.2) is 29.1 Å². The van der Waals surface area contributed by atoms with Gasteiger partial charge in [-0.2, -0.15) is 0 Å². The van der Waals surface area contributed by atoms with Crippen molar-refractivity contribution in [3.63, 3.8) is 0 Å². The van der Waals surface area contributed by atoms with Crippen molar-refractivity contribution >= 4 is 5.97 Å². The zero-order valence-corrected chi connectivity index (χ0v) is 8.54. The summed E-state index contributed by atoms with van der Waals surface area (Å²) < 4.78 is 26.4. The Morgan fingerprint density at radius 2 is 2.00 bits per heavy atom. The number of likely N-dealkylation sites (tertiary alicyclic amines) is 1. The minimum atomic E-state index is -1.37. The van der Waals surface area contributed by atoms with E-state index in [9.17, 15) is 13.6 Å². The Labute approximate surface area is 91.3 Å². The van der Waals surface area contributed by atoms with Crippen LogP contribution in [0.15, 0.2) is 12.1 Å². The van der Waals surface area contributed by atoms with Gasteiger partial charge in [0.2, 0.25) is 0 Å². The molecule has 0 saturated carbocycles. The first kappa shape index (κ1) is 11.0. The topological polar surface area (TPSA) is 40.5 Å². The lowest BCUT2D eigenvalue weighted by Gasteiger charge is -2.30. The highest BCUT2D eigenvalue weighted by Gasteiger charge is 2.19. The summed E-state index contributed by atoms with van der Waals surface area (Å²) in [6.45, 7) is 2.09. The predicted molar refractivity (Wildman–Crippen MR) is 53.2 cm³/mol. The molecule has 1 fully saturated rings. The number of rotatable bonds is 3. The van der Waals surface area contributed by atoms with Gasteiger partial charge in [0.1, 0.15) is 11.6 Å². The predicted octanol–water partition coefficient (Wildman–Crippen LogP) is 1.87. The van der Waals surface area contributed by atoms with E-state index in [1.54, 1.807) is 0 Å². The van der Waals surface area contributed by atoms with Gasteiger partial charge in [0, 0.05) is 18.2 Å². The summed E-state index contributed by atoms with van der Waals surface area (Å²) in [5.41, 5.74) is -0.240.